The Morgan fingerprint density at radius 2 is 2.06 bits per heavy atom. The number of aliphatic carboxylic acids is 1. The van der Waals surface area contributed by atoms with Crippen LogP contribution in [0.15, 0.2) is 0 Å². The highest BCUT2D eigenvalue weighted by atomic mass is 16.4. The van der Waals surface area contributed by atoms with E-state index in [1.54, 1.807) is 0 Å². The van der Waals surface area contributed by atoms with E-state index in [1.807, 2.05) is 6.92 Å². The Morgan fingerprint density at radius 3 is 2.62 bits per heavy atom. The fourth-order valence-corrected chi connectivity index (χ4v) is 2.07. The van der Waals surface area contributed by atoms with Gasteiger partial charge in [-0.15, -0.1) is 0 Å². The number of carbonyl (C=O) groups is 2. The third-order valence-corrected chi connectivity index (χ3v) is 3.19. The summed E-state index contributed by atoms with van der Waals surface area (Å²) in [5, 5.41) is 11.8. The van der Waals surface area contributed by atoms with Crippen LogP contribution in [0.2, 0.25) is 0 Å². The largest absolute Gasteiger partial charge is 0.481 e. The van der Waals surface area contributed by atoms with E-state index in [9.17, 15) is 9.59 Å². The van der Waals surface area contributed by atoms with Crippen molar-refractivity contribution in [3.8, 4) is 0 Å². The number of nitrogens with two attached hydrogens (primary N) is 1. The van der Waals surface area contributed by atoms with Crippen molar-refractivity contribution in [1.82, 2.24) is 5.32 Å². The van der Waals surface area contributed by atoms with Crippen molar-refractivity contribution >= 4 is 11.9 Å². The minimum Gasteiger partial charge on any atom is -0.481 e. The Hall–Kier alpha value is -1.10. The summed E-state index contributed by atoms with van der Waals surface area (Å²) in [6.45, 7) is 1.83. The Morgan fingerprint density at radius 1 is 1.44 bits per heavy atom. The summed E-state index contributed by atoms with van der Waals surface area (Å²) in [7, 11) is 0. The van der Waals surface area contributed by atoms with Crippen LogP contribution in [0, 0.1) is 5.92 Å². The van der Waals surface area contributed by atoms with Gasteiger partial charge >= 0.3 is 5.97 Å². The summed E-state index contributed by atoms with van der Waals surface area (Å²) in [6.07, 6.45) is 3.83. The standard InChI is InChI=1S/C11H20N2O3/c1-2-8(12)10(14)13-9-6-4-3-5-7(9)11(15)16/h7-9H,2-6,12H2,1H3,(H,13,14)(H,15,16)/t7?,8-,9?/m0/s1. The average Bonchev–Trinajstić information content (AvgIpc) is 2.28. The second-order valence-electron chi connectivity index (χ2n) is 4.36. The van der Waals surface area contributed by atoms with Crippen LogP contribution in [0.3, 0.4) is 0 Å². The first-order chi connectivity index (χ1) is 7.56. The molecule has 92 valence electrons. The molecule has 0 bridgehead atoms. The Kier molecular flexibility index (Phi) is 4.73. The third-order valence-electron chi connectivity index (χ3n) is 3.19. The normalized spacial score (nSPS) is 27.1. The van der Waals surface area contributed by atoms with E-state index in [-0.39, 0.29) is 11.9 Å². The molecule has 0 saturated heterocycles. The molecule has 1 fully saturated rings. The maximum Gasteiger partial charge on any atom is 0.308 e. The van der Waals surface area contributed by atoms with Gasteiger partial charge in [0.05, 0.1) is 12.0 Å². The number of amides is 1. The third kappa shape index (κ3) is 3.20. The van der Waals surface area contributed by atoms with Gasteiger partial charge in [-0.05, 0) is 19.3 Å². The Bertz CT molecular complexity index is 268. The minimum atomic E-state index is -0.824. The predicted octanol–water partition coefficient (Wildman–Crippen LogP) is 0.483. The first-order valence-electron chi connectivity index (χ1n) is 5.85. The van der Waals surface area contributed by atoms with Crippen LogP contribution in [-0.2, 0) is 9.59 Å². The minimum absolute atomic E-state index is 0.236. The van der Waals surface area contributed by atoms with Crippen molar-refractivity contribution in [3.05, 3.63) is 0 Å². The molecular formula is C11H20N2O3. The number of carboxylic acids is 1. The van der Waals surface area contributed by atoms with Crippen LogP contribution in [0.5, 0.6) is 0 Å². The summed E-state index contributed by atoms with van der Waals surface area (Å²) >= 11 is 0. The molecule has 5 nitrogen and oxygen atoms in total. The molecule has 0 aromatic carbocycles. The van der Waals surface area contributed by atoms with E-state index in [4.69, 9.17) is 10.8 Å². The van der Waals surface area contributed by atoms with Crippen molar-refractivity contribution < 1.29 is 14.7 Å². The van der Waals surface area contributed by atoms with Crippen molar-refractivity contribution in [1.29, 1.82) is 0 Å². The summed E-state index contributed by atoms with van der Waals surface area (Å²) in [4.78, 5) is 22.6. The molecule has 1 saturated carbocycles. The van der Waals surface area contributed by atoms with Crippen LogP contribution >= 0.6 is 0 Å². The highest BCUT2D eigenvalue weighted by Gasteiger charge is 2.32. The molecule has 3 atom stereocenters. The smallest absolute Gasteiger partial charge is 0.308 e. The van der Waals surface area contributed by atoms with Gasteiger partial charge in [-0.2, -0.15) is 0 Å². The summed E-state index contributed by atoms with van der Waals surface area (Å²) in [5.74, 6) is -1.52. The molecule has 0 aromatic heterocycles. The van der Waals surface area contributed by atoms with Gasteiger partial charge in [0.1, 0.15) is 0 Å². The molecule has 1 aliphatic carbocycles. The van der Waals surface area contributed by atoms with Gasteiger partial charge < -0.3 is 16.2 Å². The van der Waals surface area contributed by atoms with Crippen LogP contribution in [0.25, 0.3) is 0 Å². The van der Waals surface area contributed by atoms with E-state index >= 15 is 0 Å². The van der Waals surface area contributed by atoms with Gasteiger partial charge in [0, 0.05) is 6.04 Å². The fourth-order valence-electron chi connectivity index (χ4n) is 2.07. The van der Waals surface area contributed by atoms with Crippen LogP contribution in [0.4, 0.5) is 0 Å². The second-order valence-corrected chi connectivity index (χ2v) is 4.36. The highest BCUT2D eigenvalue weighted by molar-refractivity contribution is 5.82. The van der Waals surface area contributed by atoms with E-state index in [0.717, 1.165) is 19.3 Å². The molecule has 1 rings (SSSR count). The molecule has 0 aromatic rings. The van der Waals surface area contributed by atoms with Gasteiger partial charge in [-0.1, -0.05) is 19.8 Å². The monoisotopic (exact) mass is 228 g/mol. The number of carbonyl (C=O) groups excluding carboxylic acids is 1. The maximum absolute atomic E-state index is 11.6. The number of hydrogen-bond acceptors (Lipinski definition) is 3. The lowest BCUT2D eigenvalue weighted by Crippen LogP contribution is -2.50. The molecule has 0 radical (unpaired) electrons. The molecule has 2 unspecified atom stereocenters. The SMILES string of the molecule is CC[C@H](N)C(=O)NC1CCCCC1C(=O)O. The van der Waals surface area contributed by atoms with Crippen molar-refractivity contribution in [3.63, 3.8) is 0 Å². The topological polar surface area (TPSA) is 92.4 Å². The van der Waals surface area contributed by atoms with Gasteiger partial charge in [0.15, 0.2) is 0 Å². The molecule has 16 heavy (non-hydrogen) atoms. The fraction of sp³-hybridized carbons (Fsp3) is 0.818. The summed E-state index contributed by atoms with van der Waals surface area (Å²) < 4.78 is 0. The molecule has 5 heteroatoms. The lowest BCUT2D eigenvalue weighted by molar-refractivity contribution is -0.144. The van der Waals surface area contributed by atoms with Crippen molar-refractivity contribution in [2.75, 3.05) is 0 Å². The Labute approximate surface area is 95.4 Å². The zero-order valence-corrected chi connectivity index (χ0v) is 9.61. The van der Waals surface area contributed by atoms with E-state index in [0.29, 0.717) is 12.8 Å². The van der Waals surface area contributed by atoms with Crippen LogP contribution in [-0.4, -0.2) is 29.1 Å². The predicted molar refractivity (Wildman–Crippen MR) is 59.8 cm³/mol. The Balaban J connectivity index is 2.56. The molecular weight excluding hydrogens is 208 g/mol. The quantitative estimate of drug-likeness (QED) is 0.652. The zero-order valence-electron chi connectivity index (χ0n) is 9.61. The molecule has 4 N–H and O–H groups in total. The lowest BCUT2D eigenvalue weighted by Gasteiger charge is -2.30. The van der Waals surface area contributed by atoms with Crippen LogP contribution in [0.1, 0.15) is 39.0 Å². The molecule has 0 spiro atoms. The van der Waals surface area contributed by atoms with Crippen molar-refractivity contribution in [2.24, 2.45) is 11.7 Å². The summed E-state index contributed by atoms with van der Waals surface area (Å²) in [5.41, 5.74) is 5.60. The molecule has 0 heterocycles. The van der Waals surface area contributed by atoms with Gasteiger partial charge in [0.25, 0.3) is 0 Å². The molecule has 1 amide bonds. The average molecular weight is 228 g/mol. The number of carboxylic acid groups (broad SMARTS) is 1. The lowest BCUT2D eigenvalue weighted by atomic mass is 9.84. The zero-order chi connectivity index (χ0) is 12.1. The number of nitrogens with one attached hydrogen (secondary N) is 1. The maximum atomic E-state index is 11.6. The van der Waals surface area contributed by atoms with Crippen molar-refractivity contribution in [2.45, 2.75) is 51.1 Å². The first-order valence-corrected chi connectivity index (χ1v) is 5.85. The molecule has 1 aliphatic rings. The molecule has 0 aliphatic heterocycles. The van der Waals surface area contributed by atoms with Gasteiger partial charge in [0.2, 0.25) is 5.91 Å². The second kappa shape index (κ2) is 5.84. The van der Waals surface area contributed by atoms with Crippen LogP contribution < -0.4 is 11.1 Å². The first kappa shape index (κ1) is 13.0. The van der Waals surface area contributed by atoms with E-state index < -0.39 is 17.9 Å². The number of hydrogen-bond donors (Lipinski definition) is 3. The van der Waals surface area contributed by atoms with E-state index in [2.05, 4.69) is 5.32 Å². The summed E-state index contributed by atoms with van der Waals surface area (Å²) in [6, 6.07) is -0.785. The van der Waals surface area contributed by atoms with Gasteiger partial charge in [-0.25, -0.2) is 0 Å². The van der Waals surface area contributed by atoms with E-state index in [1.165, 1.54) is 0 Å². The highest BCUT2D eigenvalue weighted by Crippen LogP contribution is 2.24. The number of rotatable bonds is 4. The van der Waals surface area contributed by atoms with Gasteiger partial charge in [-0.3, -0.25) is 9.59 Å².